The zero-order valence-corrected chi connectivity index (χ0v) is 15.1. The van der Waals surface area contributed by atoms with Crippen molar-refractivity contribution in [3.8, 4) is 11.3 Å². The Kier molecular flexibility index (Phi) is 11.0. The van der Waals surface area contributed by atoms with Crippen molar-refractivity contribution >= 4 is 30.7 Å². The number of amides is 1. The van der Waals surface area contributed by atoms with E-state index in [1.54, 1.807) is 0 Å². The Bertz CT molecular complexity index is 669. The summed E-state index contributed by atoms with van der Waals surface area (Å²) in [6.45, 7) is 1.20. The van der Waals surface area contributed by atoms with E-state index in [1.165, 1.54) is 12.3 Å². The average Bonchev–Trinajstić information content (AvgIpc) is 2.98. The van der Waals surface area contributed by atoms with Gasteiger partial charge in [0.25, 0.3) is 0 Å². The maximum Gasteiger partial charge on any atom is 0.220 e. The van der Waals surface area contributed by atoms with Crippen molar-refractivity contribution in [2.75, 3.05) is 13.1 Å². The number of hydrogen-bond acceptors (Lipinski definition) is 4. The minimum Gasteiger partial charge on any atom is -0.441 e. The van der Waals surface area contributed by atoms with Gasteiger partial charge in [-0.05, 0) is 31.5 Å². The van der Waals surface area contributed by atoms with Gasteiger partial charge in [0.15, 0.2) is 11.7 Å². The van der Waals surface area contributed by atoms with E-state index in [9.17, 15) is 13.6 Å². The number of benzene rings is 1. The molecule has 0 bridgehead atoms. The first kappa shape index (κ1) is 23.3. The van der Waals surface area contributed by atoms with E-state index < -0.39 is 11.6 Å². The molecule has 1 amide bonds. The SMILES string of the molecule is Cl.Cl.NCCCCNC(=O)CCc1ncc(-c2ccc(F)cc2F)o1. The zero-order valence-electron chi connectivity index (χ0n) is 13.5. The molecule has 25 heavy (non-hydrogen) atoms. The number of rotatable bonds is 8. The van der Waals surface area contributed by atoms with Crippen molar-refractivity contribution in [3.63, 3.8) is 0 Å². The van der Waals surface area contributed by atoms with E-state index in [2.05, 4.69) is 10.3 Å². The highest BCUT2D eigenvalue weighted by Crippen LogP contribution is 2.24. The van der Waals surface area contributed by atoms with Crippen LogP contribution in [0.1, 0.15) is 25.2 Å². The fraction of sp³-hybridized carbons (Fsp3) is 0.375. The first-order valence-corrected chi connectivity index (χ1v) is 7.47. The van der Waals surface area contributed by atoms with Crippen molar-refractivity contribution in [2.45, 2.75) is 25.7 Å². The molecule has 0 unspecified atom stereocenters. The van der Waals surface area contributed by atoms with Crippen molar-refractivity contribution in [1.29, 1.82) is 0 Å². The van der Waals surface area contributed by atoms with E-state index in [0.29, 0.717) is 25.4 Å². The van der Waals surface area contributed by atoms with Gasteiger partial charge in [0, 0.05) is 25.5 Å². The van der Waals surface area contributed by atoms with Crippen LogP contribution in [0.4, 0.5) is 8.78 Å². The molecule has 0 spiro atoms. The average molecular weight is 396 g/mol. The van der Waals surface area contributed by atoms with Crippen LogP contribution >= 0.6 is 24.8 Å². The third-order valence-corrected chi connectivity index (χ3v) is 3.27. The number of oxazole rings is 1. The summed E-state index contributed by atoms with van der Waals surface area (Å²) in [4.78, 5) is 15.6. The van der Waals surface area contributed by atoms with E-state index in [-0.39, 0.29) is 48.5 Å². The van der Waals surface area contributed by atoms with Crippen LogP contribution in [0.3, 0.4) is 0 Å². The number of nitrogens with two attached hydrogens (primary N) is 1. The van der Waals surface area contributed by atoms with Gasteiger partial charge >= 0.3 is 0 Å². The molecule has 1 aromatic carbocycles. The van der Waals surface area contributed by atoms with Gasteiger partial charge in [-0.25, -0.2) is 13.8 Å². The summed E-state index contributed by atoms with van der Waals surface area (Å²) in [6, 6.07) is 3.22. The standard InChI is InChI=1S/C16H19F2N3O2.2ClH/c17-11-3-4-12(13(18)9-11)14-10-21-16(23-14)6-5-15(22)20-8-2-1-7-19;;/h3-4,9-10H,1-2,5-8,19H2,(H,20,22);2*1H. The topological polar surface area (TPSA) is 81.1 Å². The summed E-state index contributed by atoms with van der Waals surface area (Å²) in [5.41, 5.74) is 5.50. The lowest BCUT2D eigenvalue weighted by Gasteiger charge is -2.03. The Hall–Kier alpha value is -1.70. The molecule has 140 valence electrons. The molecule has 9 heteroatoms. The molecule has 0 saturated carbocycles. The van der Waals surface area contributed by atoms with Crippen LogP contribution < -0.4 is 11.1 Å². The maximum absolute atomic E-state index is 13.7. The first-order chi connectivity index (χ1) is 11.1. The van der Waals surface area contributed by atoms with Crippen LogP contribution in [0, 0.1) is 11.6 Å². The molecular weight excluding hydrogens is 375 g/mol. The molecule has 2 rings (SSSR count). The molecule has 0 fully saturated rings. The third kappa shape index (κ3) is 7.37. The number of carbonyl (C=O) groups excluding carboxylic acids is 1. The Morgan fingerprint density at radius 2 is 2.00 bits per heavy atom. The second-order valence-electron chi connectivity index (χ2n) is 5.09. The minimum atomic E-state index is -0.717. The van der Waals surface area contributed by atoms with E-state index >= 15 is 0 Å². The number of aryl methyl sites for hydroxylation is 1. The van der Waals surface area contributed by atoms with Crippen LogP contribution in [0.2, 0.25) is 0 Å². The van der Waals surface area contributed by atoms with Gasteiger partial charge in [-0.2, -0.15) is 0 Å². The second kappa shape index (κ2) is 11.8. The van der Waals surface area contributed by atoms with Gasteiger partial charge in [0.2, 0.25) is 5.91 Å². The lowest BCUT2D eigenvalue weighted by atomic mass is 10.2. The van der Waals surface area contributed by atoms with Crippen LogP contribution in [0.25, 0.3) is 11.3 Å². The Balaban J connectivity index is 0.00000288. The maximum atomic E-state index is 13.7. The Morgan fingerprint density at radius 1 is 1.24 bits per heavy atom. The predicted octanol–water partition coefficient (Wildman–Crippen LogP) is 3.25. The van der Waals surface area contributed by atoms with Crippen molar-refractivity contribution in [1.82, 2.24) is 10.3 Å². The molecule has 3 N–H and O–H groups in total. The molecule has 0 aliphatic heterocycles. The summed E-state index contributed by atoms with van der Waals surface area (Å²) >= 11 is 0. The minimum absolute atomic E-state index is 0. The van der Waals surface area contributed by atoms with Crippen molar-refractivity contribution in [2.24, 2.45) is 5.73 Å². The van der Waals surface area contributed by atoms with Gasteiger partial charge in [0.05, 0.1) is 11.8 Å². The zero-order chi connectivity index (χ0) is 16.7. The molecular formula is C16H21Cl2F2N3O2. The smallest absolute Gasteiger partial charge is 0.220 e. The molecule has 1 aromatic heterocycles. The third-order valence-electron chi connectivity index (χ3n) is 3.27. The van der Waals surface area contributed by atoms with Gasteiger partial charge < -0.3 is 15.5 Å². The fourth-order valence-electron chi connectivity index (χ4n) is 2.05. The van der Waals surface area contributed by atoms with Gasteiger partial charge in [0.1, 0.15) is 11.6 Å². The molecule has 0 radical (unpaired) electrons. The highest BCUT2D eigenvalue weighted by Gasteiger charge is 2.12. The Morgan fingerprint density at radius 3 is 2.68 bits per heavy atom. The quantitative estimate of drug-likeness (QED) is 0.672. The van der Waals surface area contributed by atoms with Gasteiger partial charge in [-0.3, -0.25) is 4.79 Å². The van der Waals surface area contributed by atoms with Crippen molar-refractivity contribution in [3.05, 3.63) is 41.9 Å². The molecule has 2 aromatic rings. The van der Waals surface area contributed by atoms with Crippen LogP contribution in [0.15, 0.2) is 28.8 Å². The lowest BCUT2D eigenvalue weighted by Crippen LogP contribution is -2.25. The summed E-state index contributed by atoms with van der Waals surface area (Å²) in [6.07, 6.45) is 3.62. The largest absolute Gasteiger partial charge is 0.441 e. The number of aromatic nitrogens is 1. The molecule has 0 aliphatic carbocycles. The monoisotopic (exact) mass is 395 g/mol. The number of nitrogens with zero attached hydrogens (tertiary/aromatic N) is 1. The normalized spacial score (nSPS) is 9.88. The predicted molar refractivity (Wildman–Crippen MR) is 96.0 cm³/mol. The number of carbonyl (C=O) groups is 1. The molecule has 5 nitrogen and oxygen atoms in total. The summed E-state index contributed by atoms with van der Waals surface area (Å²) in [5, 5.41) is 2.78. The van der Waals surface area contributed by atoms with E-state index in [0.717, 1.165) is 25.0 Å². The fourth-order valence-corrected chi connectivity index (χ4v) is 2.05. The molecule has 1 heterocycles. The van der Waals surface area contributed by atoms with E-state index in [4.69, 9.17) is 10.2 Å². The molecule has 0 aliphatic rings. The number of halogens is 4. The Labute approximate surface area is 157 Å². The highest BCUT2D eigenvalue weighted by molar-refractivity contribution is 5.85. The highest BCUT2D eigenvalue weighted by atomic mass is 35.5. The second-order valence-corrected chi connectivity index (χ2v) is 5.09. The van der Waals surface area contributed by atoms with Gasteiger partial charge in [-0.15, -0.1) is 24.8 Å². The lowest BCUT2D eigenvalue weighted by molar-refractivity contribution is -0.121. The van der Waals surface area contributed by atoms with Crippen LogP contribution in [0.5, 0.6) is 0 Å². The summed E-state index contributed by atoms with van der Waals surface area (Å²) in [7, 11) is 0. The van der Waals surface area contributed by atoms with Crippen LogP contribution in [-0.2, 0) is 11.2 Å². The van der Waals surface area contributed by atoms with Crippen LogP contribution in [-0.4, -0.2) is 24.0 Å². The number of nitrogens with one attached hydrogen (secondary N) is 1. The van der Waals surface area contributed by atoms with Crippen molar-refractivity contribution < 1.29 is 18.0 Å². The summed E-state index contributed by atoms with van der Waals surface area (Å²) < 4.78 is 32.0. The van der Waals surface area contributed by atoms with Gasteiger partial charge in [-0.1, -0.05) is 0 Å². The summed E-state index contributed by atoms with van der Waals surface area (Å²) in [5.74, 6) is -0.931. The molecule has 0 saturated heterocycles. The number of hydrogen-bond donors (Lipinski definition) is 2. The first-order valence-electron chi connectivity index (χ1n) is 7.47. The number of unbranched alkanes of at least 4 members (excludes halogenated alkanes) is 1. The molecule has 0 atom stereocenters. The van der Waals surface area contributed by atoms with E-state index in [1.807, 2.05) is 0 Å².